The summed E-state index contributed by atoms with van der Waals surface area (Å²) in [6.07, 6.45) is 3.49. The number of aromatic carboxylic acids is 1. The molecule has 0 saturated heterocycles. The Labute approximate surface area is 193 Å². The number of ether oxygens (including phenoxy) is 1. The minimum atomic E-state index is -1.02. The molecule has 6 nitrogen and oxygen atoms in total. The standard InChI is InChI=1S/C27H29NO5/c1-4-12-28(13-5-2)21-11-10-19-14-22(27(31)33-24(19)16-21)25-17(3)6-7-18-8-9-20(26(29)30)15-23(18)32-25/h8-11,14-16H,4-7,12-13H2,1-3H3,(H,29,30). The maximum atomic E-state index is 13.0. The van der Waals surface area contributed by atoms with E-state index in [9.17, 15) is 14.7 Å². The lowest BCUT2D eigenvalue weighted by Gasteiger charge is -2.23. The first-order valence-corrected chi connectivity index (χ1v) is 11.5. The number of nitrogens with zero attached hydrogens (tertiary/aromatic N) is 1. The zero-order chi connectivity index (χ0) is 23.5. The van der Waals surface area contributed by atoms with Crippen molar-refractivity contribution in [3.05, 3.63) is 75.1 Å². The second-order valence-corrected chi connectivity index (χ2v) is 8.50. The number of carboxylic acid groups (broad SMARTS) is 1. The van der Waals surface area contributed by atoms with Crippen molar-refractivity contribution in [2.75, 3.05) is 18.0 Å². The maximum Gasteiger partial charge on any atom is 0.347 e. The molecule has 1 aromatic heterocycles. The third-order valence-electron chi connectivity index (χ3n) is 6.00. The van der Waals surface area contributed by atoms with Gasteiger partial charge in [-0.05, 0) is 74.1 Å². The van der Waals surface area contributed by atoms with E-state index in [2.05, 4.69) is 24.8 Å². The summed E-state index contributed by atoms with van der Waals surface area (Å²) in [5, 5.41) is 10.2. The fourth-order valence-electron chi connectivity index (χ4n) is 4.27. The van der Waals surface area contributed by atoms with Crippen LogP contribution in [0, 0.1) is 0 Å². The Hall–Kier alpha value is -3.54. The van der Waals surface area contributed by atoms with Crippen LogP contribution in [0.25, 0.3) is 16.7 Å². The number of rotatable bonds is 7. The van der Waals surface area contributed by atoms with Crippen LogP contribution in [0.2, 0.25) is 0 Å². The van der Waals surface area contributed by atoms with Crippen LogP contribution in [0.1, 0.15) is 61.5 Å². The topological polar surface area (TPSA) is 80.0 Å². The first-order valence-electron chi connectivity index (χ1n) is 11.5. The van der Waals surface area contributed by atoms with Gasteiger partial charge in [-0.1, -0.05) is 19.9 Å². The summed E-state index contributed by atoms with van der Waals surface area (Å²) in [5.74, 6) is -0.116. The number of carboxylic acids is 1. The molecule has 3 aromatic rings. The summed E-state index contributed by atoms with van der Waals surface area (Å²) < 4.78 is 11.9. The maximum absolute atomic E-state index is 13.0. The average molecular weight is 448 g/mol. The summed E-state index contributed by atoms with van der Waals surface area (Å²) in [4.78, 5) is 26.7. The lowest BCUT2D eigenvalue weighted by Crippen LogP contribution is -2.24. The van der Waals surface area contributed by atoms with Crippen molar-refractivity contribution in [2.24, 2.45) is 0 Å². The predicted octanol–water partition coefficient (Wildman–Crippen LogP) is 5.87. The molecule has 1 N–H and O–H groups in total. The minimum absolute atomic E-state index is 0.148. The van der Waals surface area contributed by atoms with E-state index in [1.807, 2.05) is 19.1 Å². The number of fused-ring (bicyclic) bond motifs is 2. The Balaban J connectivity index is 1.75. The van der Waals surface area contributed by atoms with E-state index >= 15 is 0 Å². The van der Waals surface area contributed by atoms with Crippen LogP contribution in [-0.4, -0.2) is 24.2 Å². The molecule has 0 amide bonds. The van der Waals surface area contributed by atoms with Gasteiger partial charge in [0.25, 0.3) is 0 Å². The first kappa shape index (κ1) is 22.6. The van der Waals surface area contributed by atoms with Crippen LogP contribution in [0.3, 0.4) is 0 Å². The lowest BCUT2D eigenvalue weighted by molar-refractivity contribution is 0.0696. The molecule has 0 atom stereocenters. The number of benzene rings is 2. The fraction of sp³-hybridized carbons (Fsp3) is 0.333. The van der Waals surface area contributed by atoms with Crippen molar-refractivity contribution < 1.29 is 19.1 Å². The van der Waals surface area contributed by atoms with Gasteiger partial charge >= 0.3 is 11.6 Å². The Morgan fingerprint density at radius 1 is 1.03 bits per heavy atom. The molecule has 2 aromatic carbocycles. The van der Waals surface area contributed by atoms with Gasteiger partial charge in [-0.15, -0.1) is 0 Å². The molecule has 0 fully saturated rings. The van der Waals surface area contributed by atoms with E-state index in [0.29, 0.717) is 35.5 Å². The molecular formula is C27H29NO5. The molecule has 0 aliphatic carbocycles. The number of aryl methyl sites for hydroxylation is 1. The minimum Gasteiger partial charge on any atom is -0.478 e. The molecule has 33 heavy (non-hydrogen) atoms. The second kappa shape index (κ2) is 9.53. The molecule has 0 unspecified atom stereocenters. The summed E-state index contributed by atoms with van der Waals surface area (Å²) in [6, 6.07) is 12.6. The highest BCUT2D eigenvalue weighted by Crippen LogP contribution is 2.34. The normalized spacial score (nSPS) is 13.4. The van der Waals surface area contributed by atoms with Crippen molar-refractivity contribution in [3.63, 3.8) is 0 Å². The van der Waals surface area contributed by atoms with Gasteiger partial charge in [-0.3, -0.25) is 0 Å². The third-order valence-corrected chi connectivity index (χ3v) is 6.00. The van der Waals surface area contributed by atoms with E-state index in [1.54, 1.807) is 18.2 Å². The van der Waals surface area contributed by atoms with Crippen molar-refractivity contribution >= 4 is 28.4 Å². The second-order valence-electron chi connectivity index (χ2n) is 8.50. The van der Waals surface area contributed by atoms with Gasteiger partial charge in [0.2, 0.25) is 0 Å². The van der Waals surface area contributed by atoms with Crippen LogP contribution in [0.15, 0.2) is 57.2 Å². The van der Waals surface area contributed by atoms with Crippen molar-refractivity contribution in [1.29, 1.82) is 0 Å². The Morgan fingerprint density at radius 3 is 2.48 bits per heavy atom. The summed E-state index contributed by atoms with van der Waals surface area (Å²) in [7, 11) is 0. The van der Waals surface area contributed by atoms with E-state index in [1.165, 1.54) is 6.07 Å². The molecule has 1 aliphatic heterocycles. The van der Waals surface area contributed by atoms with Crippen LogP contribution in [0.5, 0.6) is 5.75 Å². The highest BCUT2D eigenvalue weighted by Gasteiger charge is 2.22. The van der Waals surface area contributed by atoms with Crippen LogP contribution < -0.4 is 15.3 Å². The van der Waals surface area contributed by atoms with E-state index in [-0.39, 0.29) is 5.56 Å². The molecule has 0 saturated carbocycles. The molecule has 2 heterocycles. The van der Waals surface area contributed by atoms with E-state index in [0.717, 1.165) is 48.1 Å². The first-order chi connectivity index (χ1) is 15.9. The van der Waals surface area contributed by atoms with Gasteiger partial charge in [0, 0.05) is 30.2 Å². The molecule has 0 bridgehead atoms. The van der Waals surface area contributed by atoms with Gasteiger partial charge in [0.1, 0.15) is 22.7 Å². The zero-order valence-electron chi connectivity index (χ0n) is 19.3. The number of hydrogen-bond donors (Lipinski definition) is 1. The molecule has 0 radical (unpaired) electrons. The number of allylic oxidation sites excluding steroid dienone is 1. The largest absolute Gasteiger partial charge is 0.478 e. The summed E-state index contributed by atoms with van der Waals surface area (Å²) >= 11 is 0. The van der Waals surface area contributed by atoms with Crippen molar-refractivity contribution in [2.45, 2.75) is 46.5 Å². The predicted molar refractivity (Wildman–Crippen MR) is 130 cm³/mol. The monoisotopic (exact) mass is 447 g/mol. The average Bonchev–Trinajstić information content (AvgIpc) is 2.96. The van der Waals surface area contributed by atoms with Crippen LogP contribution in [-0.2, 0) is 6.42 Å². The number of carbonyl (C=O) groups is 1. The highest BCUT2D eigenvalue weighted by atomic mass is 16.5. The zero-order valence-corrected chi connectivity index (χ0v) is 19.3. The smallest absolute Gasteiger partial charge is 0.347 e. The van der Waals surface area contributed by atoms with Gasteiger partial charge in [0.15, 0.2) is 0 Å². The molecule has 6 heteroatoms. The van der Waals surface area contributed by atoms with Crippen molar-refractivity contribution in [1.82, 2.24) is 0 Å². The van der Waals surface area contributed by atoms with Gasteiger partial charge in [-0.25, -0.2) is 9.59 Å². The highest BCUT2D eigenvalue weighted by molar-refractivity contribution is 5.88. The number of hydrogen-bond acceptors (Lipinski definition) is 5. The molecule has 4 rings (SSSR count). The molecular weight excluding hydrogens is 418 g/mol. The SMILES string of the molecule is CCCN(CCC)c1ccc2cc(C3=C(C)CCc4ccc(C(=O)O)cc4O3)c(=O)oc2c1. The Morgan fingerprint density at radius 2 is 1.79 bits per heavy atom. The van der Waals surface area contributed by atoms with Crippen molar-refractivity contribution in [3.8, 4) is 5.75 Å². The number of anilines is 1. The van der Waals surface area contributed by atoms with Crippen LogP contribution in [0.4, 0.5) is 5.69 Å². The van der Waals surface area contributed by atoms with E-state index in [4.69, 9.17) is 9.15 Å². The third kappa shape index (κ3) is 4.65. The quantitative estimate of drug-likeness (QED) is 0.456. The van der Waals surface area contributed by atoms with E-state index < -0.39 is 11.6 Å². The molecule has 0 spiro atoms. The van der Waals surface area contributed by atoms with Gasteiger partial charge in [0.05, 0.1) is 5.56 Å². The summed E-state index contributed by atoms with van der Waals surface area (Å²) in [5.41, 5.74) is 3.44. The fourth-order valence-corrected chi connectivity index (χ4v) is 4.27. The Kier molecular flexibility index (Phi) is 6.54. The summed E-state index contributed by atoms with van der Waals surface area (Å²) in [6.45, 7) is 8.12. The molecule has 172 valence electrons. The molecule has 1 aliphatic rings. The van der Waals surface area contributed by atoms with Gasteiger partial charge in [-0.2, -0.15) is 0 Å². The van der Waals surface area contributed by atoms with Gasteiger partial charge < -0.3 is 19.2 Å². The lowest BCUT2D eigenvalue weighted by atomic mass is 10.0. The Bertz CT molecular complexity index is 1280. The van der Waals surface area contributed by atoms with Crippen LogP contribution >= 0.6 is 0 Å².